The van der Waals surface area contributed by atoms with Crippen LogP contribution < -0.4 is 5.32 Å². The first-order valence-corrected chi connectivity index (χ1v) is 9.21. The van der Waals surface area contributed by atoms with Crippen LogP contribution in [0.3, 0.4) is 0 Å². The summed E-state index contributed by atoms with van der Waals surface area (Å²) in [6.07, 6.45) is 3.32. The van der Waals surface area contributed by atoms with E-state index in [2.05, 4.69) is 28.2 Å². The smallest absolute Gasteiger partial charge is 0.248 e. The Kier molecular flexibility index (Phi) is 6.45. The topological polar surface area (TPSA) is 35.6 Å². The highest BCUT2D eigenvalue weighted by molar-refractivity contribution is 6.30. The minimum atomic E-state index is -0.142. The van der Waals surface area contributed by atoms with Gasteiger partial charge in [-0.15, -0.1) is 0 Å². The van der Waals surface area contributed by atoms with Crippen molar-refractivity contribution in [1.82, 2.24) is 9.80 Å². The highest BCUT2D eigenvalue weighted by Crippen LogP contribution is 2.15. The average molecular weight is 370 g/mol. The molecule has 5 heteroatoms. The van der Waals surface area contributed by atoms with Gasteiger partial charge in [0.2, 0.25) is 5.91 Å². The number of hydrogen-bond acceptors (Lipinski definition) is 3. The molecule has 2 aromatic carbocycles. The predicted octanol–water partition coefficient (Wildman–Crippen LogP) is 3.74. The summed E-state index contributed by atoms with van der Waals surface area (Å²) in [7, 11) is 2.16. The third-order valence-electron chi connectivity index (χ3n) is 4.49. The van der Waals surface area contributed by atoms with Crippen LogP contribution >= 0.6 is 11.6 Å². The highest BCUT2D eigenvalue weighted by Gasteiger charge is 2.13. The van der Waals surface area contributed by atoms with Crippen LogP contribution in [0.1, 0.15) is 11.1 Å². The Bertz CT molecular complexity index is 765. The average Bonchev–Trinajstić information content (AvgIpc) is 2.63. The fraction of sp³-hybridized carbons (Fsp3) is 0.286. The largest absolute Gasteiger partial charge is 0.323 e. The molecule has 0 aromatic heterocycles. The molecule has 1 N–H and O–H groups in total. The lowest BCUT2D eigenvalue weighted by molar-refractivity contribution is -0.111. The van der Waals surface area contributed by atoms with Gasteiger partial charge in [0.25, 0.3) is 0 Å². The van der Waals surface area contributed by atoms with Gasteiger partial charge >= 0.3 is 0 Å². The molecule has 0 spiro atoms. The maximum absolute atomic E-state index is 12.2. The number of amides is 1. The molecule has 0 radical (unpaired) electrons. The monoisotopic (exact) mass is 369 g/mol. The number of rotatable bonds is 5. The molecule has 1 aliphatic heterocycles. The molecule has 136 valence electrons. The molecule has 26 heavy (non-hydrogen) atoms. The van der Waals surface area contributed by atoms with Crippen molar-refractivity contribution in [2.75, 3.05) is 38.5 Å². The molecule has 0 unspecified atom stereocenters. The fourth-order valence-electron chi connectivity index (χ4n) is 2.94. The van der Waals surface area contributed by atoms with Gasteiger partial charge in [0, 0.05) is 49.5 Å². The number of piperazine rings is 1. The third kappa shape index (κ3) is 5.70. The van der Waals surface area contributed by atoms with Crippen LogP contribution in [0.4, 0.5) is 5.69 Å². The van der Waals surface area contributed by atoms with Crippen LogP contribution in [0.25, 0.3) is 6.08 Å². The van der Waals surface area contributed by atoms with Crippen molar-refractivity contribution in [3.63, 3.8) is 0 Å². The summed E-state index contributed by atoms with van der Waals surface area (Å²) >= 11 is 5.86. The molecule has 0 bridgehead atoms. The Morgan fingerprint density at radius 1 is 1.12 bits per heavy atom. The van der Waals surface area contributed by atoms with E-state index in [9.17, 15) is 4.79 Å². The van der Waals surface area contributed by atoms with Crippen molar-refractivity contribution < 1.29 is 4.79 Å². The van der Waals surface area contributed by atoms with Gasteiger partial charge in [0.05, 0.1) is 0 Å². The maximum Gasteiger partial charge on any atom is 0.248 e. The van der Waals surface area contributed by atoms with E-state index in [0.29, 0.717) is 5.02 Å². The zero-order chi connectivity index (χ0) is 18.4. The van der Waals surface area contributed by atoms with Crippen LogP contribution in [0.2, 0.25) is 5.02 Å². The van der Waals surface area contributed by atoms with E-state index in [-0.39, 0.29) is 5.91 Å². The summed E-state index contributed by atoms with van der Waals surface area (Å²) in [5, 5.41) is 3.61. The zero-order valence-corrected chi connectivity index (χ0v) is 15.7. The number of nitrogens with one attached hydrogen (secondary N) is 1. The van der Waals surface area contributed by atoms with E-state index in [0.717, 1.165) is 44.0 Å². The SMILES string of the molecule is CN1CCN(Cc2cccc(NC(=O)/C=C/c3ccc(Cl)cc3)c2)CC1. The van der Waals surface area contributed by atoms with Gasteiger partial charge in [-0.3, -0.25) is 9.69 Å². The fourth-order valence-corrected chi connectivity index (χ4v) is 3.07. The molecule has 1 amide bonds. The van der Waals surface area contributed by atoms with Gasteiger partial charge in [-0.05, 0) is 48.5 Å². The van der Waals surface area contributed by atoms with Crippen molar-refractivity contribution in [3.05, 3.63) is 70.8 Å². The number of hydrogen-bond donors (Lipinski definition) is 1. The number of nitrogens with zero attached hydrogens (tertiary/aromatic N) is 2. The first-order chi connectivity index (χ1) is 12.6. The standard InChI is InChI=1S/C21H24ClN3O/c1-24-11-13-25(14-12-24)16-18-3-2-4-20(15-18)23-21(26)10-7-17-5-8-19(22)9-6-17/h2-10,15H,11-14,16H2,1H3,(H,23,26)/b10-7+. The van der Waals surface area contributed by atoms with Gasteiger partial charge in [0.15, 0.2) is 0 Å². The van der Waals surface area contributed by atoms with Crippen LogP contribution in [-0.2, 0) is 11.3 Å². The van der Waals surface area contributed by atoms with Crippen molar-refractivity contribution >= 4 is 29.3 Å². The highest BCUT2D eigenvalue weighted by atomic mass is 35.5. The number of halogens is 1. The first kappa shape index (κ1) is 18.6. The number of anilines is 1. The Balaban J connectivity index is 1.56. The van der Waals surface area contributed by atoms with Crippen LogP contribution in [0.5, 0.6) is 0 Å². The minimum absolute atomic E-state index is 0.142. The zero-order valence-electron chi connectivity index (χ0n) is 15.0. The lowest BCUT2D eigenvalue weighted by Gasteiger charge is -2.32. The van der Waals surface area contributed by atoms with Crippen LogP contribution in [-0.4, -0.2) is 48.9 Å². The molecule has 1 saturated heterocycles. The lowest BCUT2D eigenvalue weighted by Crippen LogP contribution is -2.43. The molecular formula is C21H24ClN3O. The molecule has 4 nitrogen and oxygen atoms in total. The number of benzene rings is 2. The molecule has 2 aromatic rings. The second kappa shape index (κ2) is 8.99. The van der Waals surface area contributed by atoms with Crippen LogP contribution in [0, 0.1) is 0 Å². The Hall–Kier alpha value is -2.14. The summed E-state index contributed by atoms with van der Waals surface area (Å²) in [4.78, 5) is 16.9. The Labute approximate surface area is 160 Å². The van der Waals surface area contributed by atoms with Gasteiger partial charge in [-0.1, -0.05) is 35.9 Å². The molecule has 1 fully saturated rings. The third-order valence-corrected chi connectivity index (χ3v) is 4.75. The summed E-state index contributed by atoms with van der Waals surface area (Å²) in [5.74, 6) is -0.142. The predicted molar refractivity (Wildman–Crippen MR) is 108 cm³/mol. The molecule has 0 aliphatic carbocycles. The second-order valence-corrected chi connectivity index (χ2v) is 7.09. The molecule has 1 heterocycles. The van der Waals surface area contributed by atoms with E-state index in [1.807, 2.05) is 30.3 Å². The van der Waals surface area contributed by atoms with Gasteiger partial charge < -0.3 is 10.2 Å². The van der Waals surface area contributed by atoms with Crippen LogP contribution in [0.15, 0.2) is 54.6 Å². The van der Waals surface area contributed by atoms with Gasteiger partial charge in [0.1, 0.15) is 0 Å². The van der Waals surface area contributed by atoms with E-state index in [4.69, 9.17) is 11.6 Å². The van der Waals surface area contributed by atoms with Crippen molar-refractivity contribution in [2.45, 2.75) is 6.54 Å². The maximum atomic E-state index is 12.2. The molecule has 0 atom stereocenters. The van der Waals surface area contributed by atoms with E-state index < -0.39 is 0 Å². The number of carbonyl (C=O) groups excluding carboxylic acids is 1. The Morgan fingerprint density at radius 2 is 1.85 bits per heavy atom. The Morgan fingerprint density at radius 3 is 2.58 bits per heavy atom. The second-order valence-electron chi connectivity index (χ2n) is 6.65. The summed E-state index contributed by atoms with van der Waals surface area (Å²) in [6.45, 7) is 5.28. The normalized spacial score (nSPS) is 16.1. The minimum Gasteiger partial charge on any atom is -0.323 e. The number of carbonyl (C=O) groups is 1. The quantitative estimate of drug-likeness (QED) is 0.815. The summed E-state index contributed by atoms with van der Waals surface area (Å²) in [5.41, 5.74) is 2.98. The first-order valence-electron chi connectivity index (χ1n) is 8.83. The summed E-state index contributed by atoms with van der Waals surface area (Å²) < 4.78 is 0. The van der Waals surface area contributed by atoms with E-state index in [1.165, 1.54) is 11.6 Å². The van der Waals surface area contributed by atoms with E-state index >= 15 is 0 Å². The van der Waals surface area contributed by atoms with Crippen molar-refractivity contribution in [2.24, 2.45) is 0 Å². The lowest BCUT2D eigenvalue weighted by atomic mass is 10.1. The molecule has 3 rings (SSSR count). The molecule has 0 saturated carbocycles. The molecule has 1 aliphatic rings. The molecular weight excluding hydrogens is 346 g/mol. The van der Waals surface area contributed by atoms with Crippen molar-refractivity contribution in [3.8, 4) is 0 Å². The van der Waals surface area contributed by atoms with E-state index in [1.54, 1.807) is 18.2 Å². The van der Waals surface area contributed by atoms with Crippen molar-refractivity contribution in [1.29, 1.82) is 0 Å². The van der Waals surface area contributed by atoms with Gasteiger partial charge in [-0.2, -0.15) is 0 Å². The van der Waals surface area contributed by atoms with Gasteiger partial charge in [-0.25, -0.2) is 0 Å². The summed E-state index contributed by atoms with van der Waals surface area (Å²) in [6, 6.07) is 15.4. The number of likely N-dealkylation sites (N-methyl/N-ethyl adjacent to an activating group) is 1.